The van der Waals surface area contributed by atoms with Gasteiger partial charge in [0.2, 0.25) is 0 Å². The predicted octanol–water partition coefficient (Wildman–Crippen LogP) is 2.85. The number of hydrogen-bond acceptors (Lipinski definition) is 1. The van der Waals surface area contributed by atoms with Crippen molar-refractivity contribution in [1.29, 1.82) is 0 Å². The first kappa shape index (κ1) is 9.27. The Labute approximate surface area is 74.4 Å². The fourth-order valence-electron chi connectivity index (χ4n) is 1.18. The molecule has 0 aromatic rings. The Balaban J connectivity index is 2.06. The first-order valence-electron chi connectivity index (χ1n) is 4.48. The molecule has 1 aliphatic rings. The number of ether oxygens (including phenoxy) is 1. The second kappa shape index (κ2) is 4.94. The van der Waals surface area contributed by atoms with Crippen molar-refractivity contribution in [3.63, 3.8) is 0 Å². The van der Waals surface area contributed by atoms with E-state index < -0.39 is 0 Å². The van der Waals surface area contributed by atoms with Crippen LogP contribution in [-0.4, -0.2) is 12.2 Å². The Morgan fingerprint density at radius 3 is 2.67 bits per heavy atom. The molecule has 0 radical (unpaired) electrons. The van der Waals surface area contributed by atoms with E-state index >= 15 is 0 Å². The van der Waals surface area contributed by atoms with Crippen molar-refractivity contribution in [1.82, 2.24) is 0 Å². The van der Waals surface area contributed by atoms with E-state index in [0.29, 0.717) is 12.2 Å². The number of rotatable bonds is 5. The minimum atomic E-state index is 0.489. The highest BCUT2D eigenvalue weighted by Gasteiger charge is 2.35. The summed E-state index contributed by atoms with van der Waals surface area (Å²) in [6.45, 7) is 5.74. The maximum atomic E-state index is 5.38. The Hall–Kier alpha value is -0.820. The molecule has 0 bridgehead atoms. The fraction of sp³-hybridized carbons (Fsp3) is 0.455. The molecule has 0 amide bonds. The molecular weight excluding hydrogens is 148 g/mol. The van der Waals surface area contributed by atoms with Gasteiger partial charge in [0.05, 0.1) is 12.2 Å². The molecule has 0 N–H and O–H groups in total. The molecular formula is C11H16O. The van der Waals surface area contributed by atoms with Crippen molar-refractivity contribution >= 4 is 0 Å². The summed E-state index contributed by atoms with van der Waals surface area (Å²) >= 11 is 0. The van der Waals surface area contributed by atoms with Crippen LogP contribution in [0.4, 0.5) is 0 Å². The average molecular weight is 164 g/mol. The van der Waals surface area contributed by atoms with Crippen LogP contribution in [-0.2, 0) is 4.74 Å². The van der Waals surface area contributed by atoms with E-state index in [1.54, 1.807) is 6.08 Å². The predicted molar refractivity (Wildman–Crippen MR) is 52.0 cm³/mol. The largest absolute Gasteiger partial charge is 0.369 e. The van der Waals surface area contributed by atoms with Gasteiger partial charge >= 0.3 is 0 Å². The smallest absolute Gasteiger partial charge is 0.0876 e. The van der Waals surface area contributed by atoms with Crippen molar-refractivity contribution in [2.45, 2.75) is 32.0 Å². The van der Waals surface area contributed by atoms with Gasteiger partial charge in [0.15, 0.2) is 0 Å². The fourth-order valence-corrected chi connectivity index (χ4v) is 1.18. The first-order valence-corrected chi connectivity index (χ1v) is 4.48. The highest BCUT2D eigenvalue weighted by molar-refractivity contribution is 5.09. The third-order valence-corrected chi connectivity index (χ3v) is 1.95. The van der Waals surface area contributed by atoms with Gasteiger partial charge in [0, 0.05) is 0 Å². The van der Waals surface area contributed by atoms with Crippen LogP contribution in [0.2, 0.25) is 0 Å². The average Bonchev–Trinajstić information content (AvgIpc) is 2.83. The van der Waals surface area contributed by atoms with Crippen molar-refractivity contribution < 1.29 is 4.74 Å². The van der Waals surface area contributed by atoms with Gasteiger partial charge in [-0.05, 0) is 12.8 Å². The molecule has 2 unspecified atom stereocenters. The number of epoxide rings is 1. The van der Waals surface area contributed by atoms with Crippen LogP contribution in [0.3, 0.4) is 0 Å². The third-order valence-electron chi connectivity index (χ3n) is 1.95. The summed E-state index contributed by atoms with van der Waals surface area (Å²) in [7, 11) is 0. The summed E-state index contributed by atoms with van der Waals surface area (Å²) in [5.41, 5.74) is 0. The Morgan fingerprint density at radius 2 is 2.08 bits per heavy atom. The lowest BCUT2D eigenvalue weighted by Crippen LogP contribution is -1.88. The second-order valence-corrected chi connectivity index (χ2v) is 2.91. The highest BCUT2D eigenvalue weighted by Crippen LogP contribution is 2.27. The van der Waals surface area contributed by atoms with Gasteiger partial charge in [-0.1, -0.05) is 43.9 Å². The van der Waals surface area contributed by atoms with E-state index in [-0.39, 0.29) is 0 Å². The van der Waals surface area contributed by atoms with Crippen molar-refractivity contribution in [2.75, 3.05) is 0 Å². The van der Waals surface area contributed by atoms with E-state index in [1.807, 2.05) is 18.2 Å². The van der Waals surface area contributed by atoms with Crippen LogP contribution in [0.1, 0.15) is 19.8 Å². The summed E-state index contributed by atoms with van der Waals surface area (Å²) in [4.78, 5) is 0. The molecule has 1 saturated heterocycles. The van der Waals surface area contributed by atoms with Crippen LogP contribution in [0.15, 0.2) is 37.0 Å². The van der Waals surface area contributed by atoms with Crippen LogP contribution < -0.4 is 0 Å². The van der Waals surface area contributed by atoms with Gasteiger partial charge in [0.1, 0.15) is 0 Å². The molecule has 0 aromatic heterocycles. The lowest BCUT2D eigenvalue weighted by molar-refractivity contribution is 0.367. The van der Waals surface area contributed by atoms with E-state index in [2.05, 4.69) is 19.6 Å². The molecule has 12 heavy (non-hydrogen) atoms. The van der Waals surface area contributed by atoms with Crippen LogP contribution >= 0.6 is 0 Å². The molecule has 1 heterocycles. The molecule has 1 heteroatoms. The van der Waals surface area contributed by atoms with Gasteiger partial charge in [0.25, 0.3) is 0 Å². The van der Waals surface area contributed by atoms with Gasteiger partial charge < -0.3 is 4.74 Å². The molecule has 1 aliphatic heterocycles. The number of hydrogen-bond donors (Lipinski definition) is 0. The molecule has 0 aliphatic carbocycles. The summed E-state index contributed by atoms with van der Waals surface area (Å²) < 4.78 is 5.38. The molecule has 0 spiro atoms. The maximum absolute atomic E-state index is 5.38. The van der Waals surface area contributed by atoms with E-state index in [0.717, 1.165) is 12.8 Å². The summed E-state index contributed by atoms with van der Waals surface area (Å²) in [6, 6.07) is 0. The molecule has 0 aromatic carbocycles. The standard InChI is InChI=1S/C11H16O/c1-3-5-6-7-8-9-11-10(4-2)12-11/h3,5-8,10-11H,1,4,9H2,2H3/b6-5-,8-7+. The summed E-state index contributed by atoms with van der Waals surface area (Å²) in [5, 5.41) is 0. The lowest BCUT2D eigenvalue weighted by Gasteiger charge is -1.82. The van der Waals surface area contributed by atoms with E-state index in [1.165, 1.54) is 0 Å². The van der Waals surface area contributed by atoms with Crippen LogP contribution in [0.5, 0.6) is 0 Å². The second-order valence-electron chi connectivity index (χ2n) is 2.91. The molecule has 0 saturated carbocycles. The molecule has 2 atom stereocenters. The summed E-state index contributed by atoms with van der Waals surface area (Å²) in [5.74, 6) is 0. The topological polar surface area (TPSA) is 12.5 Å². The van der Waals surface area contributed by atoms with Gasteiger partial charge in [-0.15, -0.1) is 0 Å². The summed E-state index contributed by atoms with van der Waals surface area (Å²) in [6.07, 6.45) is 13.0. The van der Waals surface area contributed by atoms with Crippen LogP contribution in [0.25, 0.3) is 0 Å². The van der Waals surface area contributed by atoms with Gasteiger partial charge in [-0.2, -0.15) is 0 Å². The van der Waals surface area contributed by atoms with Crippen molar-refractivity contribution in [3.05, 3.63) is 37.0 Å². The molecule has 1 nitrogen and oxygen atoms in total. The lowest BCUT2D eigenvalue weighted by atomic mass is 10.2. The first-order chi connectivity index (χ1) is 5.88. The Bertz CT molecular complexity index is 191. The zero-order chi connectivity index (χ0) is 8.81. The SMILES string of the molecule is C=C/C=C\C=C\CC1OC1CC. The number of allylic oxidation sites excluding steroid dienone is 4. The monoisotopic (exact) mass is 164 g/mol. The van der Waals surface area contributed by atoms with E-state index in [9.17, 15) is 0 Å². The molecule has 1 rings (SSSR count). The van der Waals surface area contributed by atoms with Gasteiger partial charge in [-0.3, -0.25) is 0 Å². The van der Waals surface area contributed by atoms with Crippen molar-refractivity contribution in [2.24, 2.45) is 0 Å². The zero-order valence-corrected chi connectivity index (χ0v) is 7.57. The van der Waals surface area contributed by atoms with E-state index in [4.69, 9.17) is 4.74 Å². The quantitative estimate of drug-likeness (QED) is 0.449. The highest BCUT2D eigenvalue weighted by atomic mass is 16.6. The molecule has 66 valence electrons. The Kier molecular flexibility index (Phi) is 3.81. The van der Waals surface area contributed by atoms with Crippen LogP contribution in [0, 0.1) is 0 Å². The minimum absolute atomic E-state index is 0.489. The Morgan fingerprint density at radius 1 is 1.25 bits per heavy atom. The molecule has 1 fully saturated rings. The van der Waals surface area contributed by atoms with Crippen molar-refractivity contribution in [3.8, 4) is 0 Å². The maximum Gasteiger partial charge on any atom is 0.0876 e. The zero-order valence-electron chi connectivity index (χ0n) is 7.57. The normalized spacial score (nSPS) is 28.4. The van der Waals surface area contributed by atoms with Gasteiger partial charge in [-0.25, -0.2) is 0 Å². The minimum Gasteiger partial charge on any atom is -0.369 e. The third kappa shape index (κ3) is 3.05.